The van der Waals surface area contributed by atoms with Gasteiger partial charge in [0.15, 0.2) is 0 Å². The Morgan fingerprint density at radius 2 is 1.08 bits per heavy atom. The molecule has 0 aromatic heterocycles. The van der Waals surface area contributed by atoms with Crippen molar-refractivity contribution < 1.29 is 10.2 Å². The summed E-state index contributed by atoms with van der Waals surface area (Å²) in [4.78, 5) is 4.15. The Morgan fingerprint density at radius 1 is 0.750 bits per heavy atom. The van der Waals surface area contributed by atoms with Gasteiger partial charge in [0.25, 0.3) is 0 Å². The highest BCUT2D eigenvalue weighted by atomic mass is 16.3. The predicted molar refractivity (Wildman–Crippen MR) is 100 cm³/mol. The van der Waals surface area contributed by atoms with Crippen LogP contribution in [0.25, 0.3) is 0 Å². The zero-order chi connectivity index (χ0) is 17.5. The highest BCUT2D eigenvalue weighted by Gasteiger charge is 2.21. The van der Waals surface area contributed by atoms with Gasteiger partial charge in [-0.2, -0.15) is 0 Å². The van der Waals surface area contributed by atoms with Crippen molar-refractivity contribution in [3.8, 4) is 0 Å². The molecule has 2 aromatic rings. The van der Waals surface area contributed by atoms with E-state index in [1.807, 2.05) is 55.5 Å². The largest absolute Gasteiger partial charge is 0.399 e. The highest BCUT2D eigenvalue weighted by Crippen LogP contribution is 2.25. The van der Waals surface area contributed by atoms with Crippen molar-refractivity contribution in [2.75, 3.05) is 47.6 Å². The first-order chi connectivity index (χ1) is 11.6. The van der Waals surface area contributed by atoms with Gasteiger partial charge in [0.05, 0.1) is 19.4 Å². The Morgan fingerprint density at radius 3 is 1.38 bits per heavy atom. The Balaban J connectivity index is 2.31. The van der Waals surface area contributed by atoms with E-state index in [9.17, 15) is 10.2 Å². The second kappa shape index (κ2) is 8.42. The van der Waals surface area contributed by atoms with Crippen LogP contribution in [0.1, 0.15) is 6.92 Å². The average molecular weight is 330 g/mol. The molecule has 0 heterocycles. The quantitative estimate of drug-likeness (QED) is 0.432. The lowest BCUT2D eigenvalue weighted by atomic mass is 10.2. The van der Waals surface area contributed by atoms with Crippen LogP contribution in [0.3, 0.4) is 0 Å². The maximum absolute atomic E-state index is 9.47. The number of nitrogens with two attached hydrogens (primary N) is 2. The van der Waals surface area contributed by atoms with Crippen molar-refractivity contribution in [2.45, 2.75) is 13.1 Å². The fourth-order valence-corrected chi connectivity index (χ4v) is 2.78. The molecule has 0 saturated heterocycles. The van der Waals surface area contributed by atoms with Crippen molar-refractivity contribution in [2.24, 2.45) is 0 Å². The van der Waals surface area contributed by atoms with Crippen LogP contribution in [-0.2, 0) is 0 Å². The van der Waals surface area contributed by atoms with Gasteiger partial charge in [-0.05, 0) is 55.5 Å². The first-order valence-corrected chi connectivity index (χ1v) is 8.03. The zero-order valence-electron chi connectivity index (χ0n) is 14.0. The van der Waals surface area contributed by atoms with E-state index < -0.39 is 0 Å². The maximum Gasteiger partial charge on any atom is 0.0988 e. The van der Waals surface area contributed by atoms with Crippen LogP contribution in [0, 0.1) is 0 Å². The minimum Gasteiger partial charge on any atom is -0.399 e. The normalized spacial score (nSPS) is 10.8. The highest BCUT2D eigenvalue weighted by molar-refractivity contribution is 5.58. The summed E-state index contributed by atoms with van der Waals surface area (Å²) >= 11 is 0. The van der Waals surface area contributed by atoms with Crippen molar-refractivity contribution in [3.05, 3.63) is 48.5 Å². The summed E-state index contributed by atoms with van der Waals surface area (Å²) in [5.41, 5.74) is 14.8. The number of rotatable bonds is 8. The maximum atomic E-state index is 9.47. The molecule has 0 aliphatic rings. The van der Waals surface area contributed by atoms with Crippen LogP contribution in [-0.4, -0.2) is 42.7 Å². The van der Waals surface area contributed by atoms with E-state index in [1.54, 1.807) is 0 Å². The molecule has 0 unspecified atom stereocenters. The van der Waals surface area contributed by atoms with Crippen LogP contribution >= 0.6 is 0 Å². The molecule has 0 saturated carbocycles. The molecule has 130 valence electrons. The Hall–Kier alpha value is -2.44. The molecule has 2 aromatic carbocycles. The van der Waals surface area contributed by atoms with Crippen LogP contribution in [0.4, 0.5) is 22.7 Å². The Kier molecular flexibility index (Phi) is 6.28. The molecular formula is C18H26N4O2. The lowest BCUT2D eigenvalue weighted by Gasteiger charge is -2.40. The summed E-state index contributed by atoms with van der Waals surface area (Å²) in [5, 5.41) is 18.9. The molecule has 0 spiro atoms. The van der Waals surface area contributed by atoms with Gasteiger partial charge in [-0.25, -0.2) is 0 Å². The van der Waals surface area contributed by atoms with Gasteiger partial charge < -0.3 is 31.5 Å². The Labute approximate surface area is 142 Å². The predicted octanol–water partition coefficient (Wildman–Crippen LogP) is 1.49. The van der Waals surface area contributed by atoms with Crippen LogP contribution in [0.2, 0.25) is 0 Å². The van der Waals surface area contributed by atoms with Crippen molar-refractivity contribution >= 4 is 22.7 Å². The number of benzene rings is 2. The molecule has 6 N–H and O–H groups in total. The number of anilines is 4. The minimum atomic E-state index is -0.0726. The van der Waals surface area contributed by atoms with Crippen molar-refractivity contribution in [3.63, 3.8) is 0 Å². The third kappa shape index (κ3) is 4.31. The molecule has 24 heavy (non-hydrogen) atoms. The summed E-state index contributed by atoms with van der Waals surface area (Å²) in [6.07, 6.45) is -0.0726. The molecule has 0 amide bonds. The molecule has 0 aliphatic heterocycles. The lowest BCUT2D eigenvalue weighted by Crippen LogP contribution is -2.49. The smallest absolute Gasteiger partial charge is 0.0988 e. The molecule has 2 rings (SSSR count). The molecule has 0 radical (unpaired) electrons. The van der Waals surface area contributed by atoms with Gasteiger partial charge >= 0.3 is 0 Å². The molecule has 0 aliphatic carbocycles. The third-order valence-electron chi connectivity index (χ3n) is 4.03. The topological polar surface area (TPSA) is 99.0 Å². The van der Waals surface area contributed by atoms with Gasteiger partial charge in [-0.1, -0.05) is 0 Å². The minimum absolute atomic E-state index is 0.0312. The monoisotopic (exact) mass is 330 g/mol. The SMILES string of the molecule is CC(N(CCO)c1ccc(N)cc1)N(CCO)c1ccc(N)cc1. The molecule has 0 atom stereocenters. The van der Waals surface area contributed by atoms with Crippen LogP contribution < -0.4 is 21.3 Å². The number of nitrogens with zero attached hydrogens (tertiary/aromatic N) is 2. The number of hydrogen-bond acceptors (Lipinski definition) is 6. The standard InChI is InChI=1S/C18H26N4O2/c1-14(21(10-12-23)17-6-2-15(19)3-7-17)22(11-13-24)18-8-4-16(20)5-9-18/h2-9,14,23-24H,10-13,19-20H2,1H3. The van der Waals surface area contributed by atoms with Gasteiger partial charge in [-0.15, -0.1) is 0 Å². The van der Waals surface area contributed by atoms with Gasteiger partial charge in [0, 0.05) is 35.8 Å². The molecule has 0 fully saturated rings. The summed E-state index contributed by atoms with van der Waals surface area (Å²) in [7, 11) is 0. The van der Waals surface area contributed by atoms with E-state index in [-0.39, 0.29) is 19.4 Å². The van der Waals surface area contributed by atoms with E-state index in [0.29, 0.717) is 24.5 Å². The molecule has 0 bridgehead atoms. The summed E-state index contributed by atoms with van der Waals surface area (Å²) in [5.74, 6) is 0. The average Bonchev–Trinajstić information content (AvgIpc) is 2.59. The molecule has 6 nitrogen and oxygen atoms in total. The Bertz CT molecular complexity index is 560. The van der Waals surface area contributed by atoms with Crippen LogP contribution in [0.5, 0.6) is 0 Å². The molecule has 6 heteroatoms. The number of hydrogen-bond donors (Lipinski definition) is 4. The van der Waals surface area contributed by atoms with Gasteiger partial charge in [0.1, 0.15) is 0 Å². The van der Waals surface area contributed by atoms with Gasteiger partial charge in [0.2, 0.25) is 0 Å². The number of nitrogen functional groups attached to an aromatic ring is 2. The van der Waals surface area contributed by atoms with Gasteiger partial charge in [-0.3, -0.25) is 0 Å². The second-order valence-corrected chi connectivity index (χ2v) is 5.65. The first-order valence-electron chi connectivity index (χ1n) is 8.03. The number of aliphatic hydroxyl groups is 2. The van der Waals surface area contributed by atoms with Crippen molar-refractivity contribution in [1.29, 1.82) is 0 Å². The van der Waals surface area contributed by atoms with E-state index in [1.165, 1.54) is 0 Å². The van der Waals surface area contributed by atoms with Crippen molar-refractivity contribution in [1.82, 2.24) is 0 Å². The fourth-order valence-electron chi connectivity index (χ4n) is 2.78. The summed E-state index contributed by atoms with van der Waals surface area (Å²) < 4.78 is 0. The first kappa shape index (κ1) is 17.9. The second-order valence-electron chi connectivity index (χ2n) is 5.65. The lowest BCUT2D eigenvalue weighted by molar-refractivity contribution is 0.287. The zero-order valence-corrected chi connectivity index (χ0v) is 14.0. The number of aliphatic hydroxyl groups excluding tert-OH is 2. The molecular weight excluding hydrogens is 304 g/mol. The summed E-state index contributed by atoms with van der Waals surface area (Å²) in [6, 6.07) is 15.1. The fraction of sp³-hybridized carbons (Fsp3) is 0.333. The van der Waals surface area contributed by atoms with E-state index in [2.05, 4.69) is 9.80 Å². The van der Waals surface area contributed by atoms with E-state index in [0.717, 1.165) is 11.4 Å². The van der Waals surface area contributed by atoms with E-state index >= 15 is 0 Å². The van der Waals surface area contributed by atoms with Crippen LogP contribution in [0.15, 0.2) is 48.5 Å². The summed E-state index contributed by atoms with van der Waals surface area (Å²) in [6.45, 7) is 3.05. The van der Waals surface area contributed by atoms with E-state index in [4.69, 9.17) is 11.5 Å². The third-order valence-corrected chi connectivity index (χ3v) is 4.03.